The molecule has 0 saturated heterocycles. The van der Waals surface area contributed by atoms with Gasteiger partial charge >= 0.3 is 0 Å². The maximum atomic E-state index is 5.59. The monoisotopic (exact) mass is 230 g/mol. The van der Waals surface area contributed by atoms with Gasteiger partial charge in [-0.25, -0.2) is 4.98 Å². The molecule has 3 heteroatoms. The molecule has 2 rings (SSSR count). The average molecular weight is 230 g/mol. The number of nitrogens with two attached hydrogens (primary N) is 1. The van der Waals surface area contributed by atoms with Gasteiger partial charge in [0, 0.05) is 18.5 Å². The largest absolute Gasteiger partial charge is 0.326 e. The number of hydrogen-bond acceptors (Lipinski definition) is 3. The molecular weight excluding hydrogens is 216 g/mol. The Kier molecular flexibility index (Phi) is 3.97. The van der Waals surface area contributed by atoms with Crippen LogP contribution in [0.3, 0.4) is 0 Å². The van der Waals surface area contributed by atoms with E-state index in [4.69, 9.17) is 5.73 Å². The molecule has 0 amide bonds. The van der Waals surface area contributed by atoms with E-state index in [2.05, 4.69) is 29.2 Å². The second kappa shape index (κ2) is 5.68. The molecule has 1 heterocycles. The second-order valence-electron chi connectivity index (χ2n) is 3.48. The van der Waals surface area contributed by atoms with Crippen LogP contribution in [0.5, 0.6) is 0 Å². The first-order valence-electron chi connectivity index (χ1n) is 5.20. The van der Waals surface area contributed by atoms with Crippen LogP contribution in [0.4, 0.5) is 0 Å². The third-order valence-corrected chi connectivity index (χ3v) is 3.26. The Labute approximate surface area is 99.9 Å². The Bertz CT molecular complexity index is 443. The van der Waals surface area contributed by atoms with Crippen molar-refractivity contribution in [2.45, 2.75) is 17.3 Å². The fraction of sp³-hybridized carbons (Fsp3) is 0.154. The van der Waals surface area contributed by atoms with E-state index < -0.39 is 0 Å². The minimum Gasteiger partial charge on any atom is -0.326 e. The highest BCUT2D eigenvalue weighted by molar-refractivity contribution is 7.98. The molecule has 0 aliphatic rings. The molecule has 2 aromatic rings. The lowest BCUT2D eigenvalue weighted by atomic mass is 10.2. The fourth-order valence-corrected chi connectivity index (χ4v) is 2.26. The second-order valence-corrected chi connectivity index (χ2v) is 4.48. The van der Waals surface area contributed by atoms with Crippen LogP contribution in [0.2, 0.25) is 0 Å². The molecule has 2 N–H and O–H groups in total. The molecule has 0 spiro atoms. The summed E-state index contributed by atoms with van der Waals surface area (Å²) >= 11 is 1.74. The highest BCUT2D eigenvalue weighted by atomic mass is 32.2. The molecule has 0 aliphatic carbocycles. The summed E-state index contributed by atoms with van der Waals surface area (Å²) in [5.74, 6) is 0.946. The van der Waals surface area contributed by atoms with Gasteiger partial charge in [-0.1, -0.05) is 30.3 Å². The summed E-state index contributed by atoms with van der Waals surface area (Å²) in [6.07, 6.45) is 1.82. The van der Waals surface area contributed by atoms with E-state index >= 15 is 0 Å². The third kappa shape index (κ3) is 3.08. The lowest BCUT2D eigenvalue weighted by molar-refractivity contribution is 1.02. The van der Waals surface area contributed by atoms with E-state index in [0.29, 0.717) is 6.54 Å². The number of hydrogen-bond donors (Lipinski definition) is 1. The summed E-state index contributed by atoms with van der Waals surface area (Å²) in [6, 6.07) is 14.4. The molecular formula is C13H14N2S. The van der Waals surface area contributed by atoms with Crippen LogP contribution < -0.4 is 5.73 Å². The van der Waals surface area contributed by atoms with Gasteiger partial charge in [0.2, 0.25) is 0 Å². The number of benzene rings is 1. The fourth-order valence-electron chi connectivity index (χ4n) is 1.39. The smallest absolute Gasteiger partial charge is 0.0966 e. The zero-order chi connectivity index (χ0) is 11.2. The molecule has 0 saturated carbocycles. The van der Waals surface area contributed by atoms with Crippen molar-refractivity contribution < 1.29 is 0 Å². The molecule has 16 heavy (non-hydrogen) atoms. The van der Waals surface area contributed by atoms with Crippen LogP contribution in [0.15, 0.2) is 53.7 Å². The molecule has 82 valence electrons. The van der Waals surface area contributed by atoms with Gasteiger partial charge in [-0.15, -0.1) is 11.8 Å². The van der Waals surface area contributed by atoms with Crippen LogP contribution in [0.1, 0.15) is 11.1 Å². The molecule has 0 fully saturated rings. The maximum absolute atomic E-state index is 5.59. The zero-order valence-electron chi connectivity index (χ0n) is 8.97. The van der Waals surface area contributed by atoms with Gasteiger partial charge in [-0.3, -0.25) is 0 Å². The van der Waals surface area contributed by atoms with Gasteiger partial charge in [-0.2, -0.15) is 0 Å². The summed E-state index contributed by atoms with van der Waals surface area (Å²) in [4.78, 5) is 4.31. The predicted molar refractivity (Wildman–Crippen MR) is 68.1 cm³/mol. The number of nitrogens with zero attached hydrogens (tertiary/aromatic N) is 1. The van der Waals surface area contributed by atoms with Crippen LogP contribution in [-0.2, 0) is 12.3 Å². The quantitative estimate of drug-likeness (QED) is 0.821. The van der Waals surface area contributed by atoms with Crippen molar-refractivity contribution >= 4 is 11.8 Å². The molecule has 1 aromatic heterocycles. The average Bonchev–Trinajstić information content (AvgIpc) is 2.38. The Morgan fingerprint density at radius 1 is 1.06 bits per heavy atom. The summed E-state index contributed by atoms with van der Waals surface area (Å²) in [7, 11) is 0. The van der Waals surface area contributed by atoms with Gasteiger partial charge in [0.1, 0.15) is 0 Å². The zero-order valence-corrected chi connectivity index (χ0v) is 9.78. The lowest BCUT2D eigenvalue weighted by Gasteiger charge is -2.02. The van der Waals surface area contributed by atoms with Gasteiger partial charge in [0.05, 0.1) is 5.03 Å². The van der Waals surface area contributed by atoms with Crippen molar-refractivity contribution in [2.24, 2.45) is 5.73 Å². The van der Waals surface area contributed by atoms with E-state index in [1.807, 2.05) is 24.4 Å². The maximum Gasteiger partial charge on any atom is 0.0966 e. The van der Waals surface area contributed by atoms with Crippen molar-refractivity contribution in [3.8, 4) is 0 Å². The minimum atomic E-state index is 0.571. The molecule has 2 nitrogen and oxygen atoms in total. The summed E-state index contributed by atoms with van der Waals surface area (Å²) in [5, 5.41) is 1.03. The van der Waals surface area contributed by atoms with Crippen LogP contribution >= 0.6 is 11.8 Å². The van der Waals surface area contributed by atoms with Crippen LogP contribution in [0, 0.1) is 0 Å². The minimum absolute atomic E-state index is 0.571. The van der Waals surface area contributed by atoms with Gasteiger partial charge in [0.25, 0.3) is 0 Å². The van der Waals surface area contributed by atoms with Crippen molar-refractivity contribution in [1.29, 1.82) is 0 Å². The standard InChI is InChI=1S/C13H14N2S/c14-9-12-6-7-15-13(8-12)16-10-11-4-2-1-3-5-11/h1-8H,9-10,14H2. The van der Waals surface area contributed by atoms with Crippen molar-refractivity contribution in [2.75, 3.05) is 0 Å². The van der Waals surface area contributed by atoms with E-state index in [1.54, 1.807) is 11.8 Å². The van der Waals surface area contributed by atoms with Crippen molar-refractivity contribution in [3.05, 3.63) is 59.8 Å². The normalized spacial score (nSPS) is 10.3. The molecule has 0 radical (unpaired) electrons. The first-order valence-corrected chi connectivity index (χ1v) is 6.19. The Balaban J connectivity index is 1.99. The number of rotatable bonds is 4. The van der Waals surface area contributed by atoms with E-state index in [-0.39, 0.29) is 0 Å². The first kappa shape index (κ1) is 11.2. The summed E-state index contributed by atoms with van der Waals surface area (Å²) in [6.45, 7) is 0.571. The lowest BCUT2D eigenvalue weighted by Crippen LogP contribution is -1.96. The Morgan fingerprint density at radius 3 is 2.62 bits per heavy atom. The van der Waals surface area contributed by atoms with Gasteiger partial charge in [0.15, 0.2) is 0 Å². The Morgan fingerprint density at radius 2 is 1.88 bits per heavy atom. The molecule has 0 atom stereocenters. The number of thioether (sulfide) groups is 1. The van der Waals surface area contributed by atoms with Gasteiger partial charge in [-0.05, 0) is 23.3 Å². The van der Waals surface area contributed by atoms with Crippen LogP contribution in [0.25, 0.3) is 0 Å². The van der Waals surface area contributed by atoms with Crippen molar-refractivity contribution in [1.82, 2.24) is 4.98 Å². The van der Waals surface area contributed by atoms with E-state index in [1.165, 1.54) is 5.56 Å². The molecule has 1 aromatic carbocycles. The predicted octanol–water partition coefficient (Wildman–Crippen LogP) is 2.83. The highest BCUT2D eigenvalue weighted by Gasteiger charge is 1.98. The van der Waals surface area contributed by atoms with Gasteiger partial charge < -0.3 is 5.73 Å². The summed E-state index contributed by atoms with van der Waals surface area (Å²) < 4.78 is 0. The molecule has 0 unspecified atom stereocenters. The highest BCUT2D eigenvalue weighted by Crippen LogP contribution is 2.21. The topological polar surface area (TPSA) is 38.9 Å². The summed E-state index contributed by atoms with van der Waals surface area (Å²) in [5.41, 5.74) is 8.03. The van der Waals surface area contributed by atoms with E-state index in [0.717, 1.165) is 16.3 Å². The van der Waals surface area contributed by atoms with Crippen LogP contribution in [-0.4, -0.2) is 4.98 Å². The number of aromatic nitrogens is 1. The van der Waals surface area contributed by atoms with E-state index in [9.17, 15) is 0 Å². The Hall–Kier alpha value is -1.32. The third-order valence-electron chi connectivity index (χ3n) is 2.26. The molecule has 0 aliphatic heterocycles. The SMILES string of the molecule is NCc1ccnc(SCc2ccccc2)c1. The van der Waals surface area contributed by atoms with Crippen molar-refractivity contribution in [3.63, 3.8) is 0 Å². The first-order chi connectivity index (χ1) is 7.88. The molecule has 0 bridgehead atoms. The number of pyridine rings is 1.